The minimum atomic E-state index is 0.955. The van der Waals surface area contributed by atoms with Gasteiger partial charge in [0.2, 0.25) is 0 Å². The average molecular weight is 273 g/mol. The fourth-order valence-corrected chi connectivity index (χ4v) is 3.67. The van der Waals surface area contributed by atoms with Gasteiger partial charge in [0.15, 0.2) is 5.17 Å². The summed E-state index contributed by atoms with van der Waals surface area (Å²) in [6.45, 7) is 4.25. The van der Waals surface area contributed by atoms with E-state index in [1.807, 2.05) is 0 Å². The van der Waals surface area contributed by atoms with E-state index in [-0.39, 0.29) is 0 Å². The standard InChI is InChI=1S/C15H19N3S/c1-11-14(19-15-16-9-6-10-17(15)2)12-7-4-5-8-13(12)18(11)3/h4-5,7-8H,6,9-10H2,1-3H3. The Hall–Kier alpha value is -1.42. The summed E-state index contributed by atoms with van der Waals surface area (Å²) in [6, 6.07) is 8.59. The van der Waals surface area contributed by atoms with Gasteiger partial charge in [0.05, 0.1) is 0 Å². The first-order valence-electron chi connectivity index (χ1n) is 6.66. The molecule has 0 saturated heterocycles. The number of amidine groups is 1. The molecule has 0 fully saturated rings. The number of thioether (sulfide) groups is 1. The summed E-state index contributed by atoms with van der Waals surface area (Å²) in [4.78, 5) is 8.26. The van der Waals surface area contributed by atoms with Crippen molar-refractivity contribution in [3.05, 3.63) is 30.0 Å². The van der Waals surface area contributed by atoms with E-state index in [4.69, 9.17) is 0 Å². The maximum atomic E-state index is 4.66. The van der Waals surface area contributed by atoms with E-state index in [2.05, 4.69) is 59.7 Å². The van der Waals surface area contributed by atoms with Crippen LogP contribution in [0.4, 0.5) is 0 Å². The molecule has 2 heterocycles. The van der Waals surface area contributed by atoms with Crippen molar-refractivity contribution in [2.24, 2.45) is 12.0 Å². The molecule has 19 heavy (non-hydrogen) atoms. The Labute approximate surface area is 118 Å². The van der Waals surface area contributed by atoms with Crippen LogP contribution in [0.3, 0.4) is 0 Å². The van der Waals surface area contributed by atoms with Crippen molar-refractivity contribution in [3.63, 3.8) is 0 Å². The van der Waals surface area contributed by atoms with E-state index in [1.54, 1.807) is 11.8 Å². The second kappa shape index (κ2) is 4.93. The van der Waals surface area contributed by atoms with Gasteiger partial charge in [-0.15, -0.1) is 0 Å². The van der Waals surface area contributed by atoms with E-state index in [0.717, 1.165) is 24.7 Å². The summed E-state index contributed by atoms with van der Waals surface area (Å²) in [5.41, 5.74) is 2.61. The van der Waals surface area contributed by atoms with Crippen LogP contribution in [0.15, 0.2) is 34.2 Å². The number of aliphatic imine (C=N–C) groups is 1. The normalized spacial score (nSPS) is 15.9. The van der Waals surface area contributed by atoms with E-state index < -0.39 is 0 Å². The maximum absolute atomic E-state index is 4.66. The second-order valence-corrected chi connectivity index (χ2v) is 6.01. The van der Waals surface area contributed by atoms with Crippen molar-refractivity contribution >= 4 is 27.8 Å². The second-order valence-electron chi connectivity index (χ2n) is 5.03. The van der Waals surface area contributed by atoms with Crippen LogP contribution in [0.25, 0.3) is 10.9 Å². The minimum Gasteiger partial charge on any atom is -0.354 e. The van der Waals surface area contributed by atoms with Crippen LogP contribution in [-0.2, 0) is 7.05 Å². The Morgan fingerprint density at radius 3 is 2.79 bits per heavy atom. The topological polar surface area (TPSA) is 20.5 Å². The SMILES string of the molecule is Cc1c(SC2=NCCCN2C)c2ccccc2n1C. The van der Waals surface area contributed by atoms with Gasteiger partial charge in [-0.05, 0) is 31.2 Å². The number of aromatic nitrogens is 1. The molecule has 3 nitrogen and oxygen atoms in total. The zero-order valence-corrected chi connectivity index (χ0v) is 12.5. The van der Waals surface area contributed by atoms with Crippen LogP contribution >= 0.6 is 11.8 Å². The molecule has 2 aromatic rings. The molecule has 0 saturated carbocycles. The Morgan fingerprint density at radius 2 is 2.00 bits per heavy atom. The molecule has 0 atom stereocenters. The molecule has 0 N–H and O–H groups in total. The number of nitrogens with zero attached hydrogens (tertiary/aromatic N) is 3. The molecule has 1 aliphatic rings. The molecule has 100 valence electrons. The highest BCUT2D eigenvalue weighted by molar-refractivity contribution is 8.14. The summed E-state index contributed by atoms with van der Waals surface area (Å²) in [5, 5.41) is 2.47. The molecule has 1 aromatic carbocycles. The van der Waals surface area contributed by atoms with E-state index in [1.165, 1.54) is 21.5 Å². The summed E-state index contributed by atoms with van der Waals surface area (Å²) in [6.07, 6.45) is 1.16. The van der Waals surface area contributed by atoms with Crippen molar-refractivity contribution in [1.82, 2.24) is 9.47 Å². The first kappa shape index (κ1) is 12.6. The molecule has 0 aliphatic carbocycles. The van der Waals surface area contributed by atoms with Crippen LogP contribution in [0.5, 0.6) is 0 Å². The molecule has 0 radical (unpaired) electrons. The van der Waals surface area contributed by atoms with Gasteiger partial charge >= 0.3 is 0 Å². The van der Waals surface area contributed by atoms with E-state index >= 15 is 0 Å². The van der Waals surface area contributed by atoms with E-state index in [0.29, 0.717) is 0 Å². The summed E-state index contributed by atoms with van der Waals surface area (Å²) in [5.74, 6) is 0. The lowest BCUT2D eigenvalue weighted by molar-refractivity contribution is 0.477. The van der Waals surface area contributed by atoms with Gasteiger partial charge in [-0.25, -0.2) is 0 Å². The van der Waals surface area contributed by atoms with Crippen molar-refractivity contribution in [2.45, 2.75) is 18.2 Å². The molecule has 1 aliphatic heterocycles. The molecule has 3 rings (SSSR count). The molecule has 0 unspecified atom stereocenters. The van der Waals surface area contributed by atoms with Gasteiger partial charge in [-0.3, -0.25) is 4.99 Å². The van der Waals surface area contributed by atoms with Gasteiger partial charge in [0.25, 0.3) is 0 Å². The smallest absolute Gasteiger partial charge is 0.163 e. The molecular weight excluding hydrogens is 254 g/mol. The molecule has 0 amide bonds. The monoisotopic (exact) mass is 273 g/mol. The summed E-state index contributed by atoms with van der Waals surface area (Å²) >= 11 is 1.80. The number of benzene rings is 1. The highest BCUT2D eigenvalue weighted by atomic mass is 32.2. The van der Waals surface area contributed by atoms with Crippen LogP contribution < -0.4 is 0 Å². The lowest BCUT2D eigenvalue weighted by Gasteiger charge is -2.24. The van der Waals surface area contributed by atoms with Crippen molar-refractivity contribution < 1.29 is 0 Å². The highest BCUT2D eigenvalue weighted by Gasteiger charge is 2.18. The fraction of sp³-hybridized carbons (Fsp3) is 0.400. The Bertz CT molecular complexity index is 642. The van der Waals surface area contributed by atoms with Gasteiger partial charge in [0.1, 0.15) is 0 Å². The maximum Gasteiger partial charge on any atom is 0.163 e. The zero-order valence-electron chi connectivity index (χ0n) is 11.7. The third-order valence-electron chi connectivity index (χ3n) is 3.76. The van der Waals surface area contributed by atoms with Crippen molar-refractivity contribution in [2.75, 3.05) is 20.1 Å². The quantitative estimate of drug-likeness (QED) is 0.795. The number of fused-ring (bicyclic) bond motifs is 1. The predicted octanol–water partition coefficient (Wildman–Crippen LogP) is 3.27. The Balaban J connectivity index is 2.05. The number of aryl methyl sites for hydroxylation is 1. The van der Waals surface area contributed by atoms with Gasteiger partial charge in [-0.2, -0.15) is 0 Å². The fourth-order valence-electron chi connectivity index (χ4n) is 2.52. The first-order valence-corrected chi connectivity index (χ1v) is 7.47. The van der Waals surface area contributed by atoms with Crippen molar-refractivity contribution in [3.8, 4) is 0 Å². The molecule has 0 bridgehead atoms. The number of para-hydroxylation sites is 1. The largest absolute Gasteiger partial charge is 0.354 e. The number of hydrogen-bond acceptors (Lipinski definition) is 3. The van der Waals surface area contributed by atoms with Crippen LogP contribution in [0.2, 0.25) is 0 Å². The third kappa shape index (κ3) is 2.14. The molecular formula is C15H19N3S. The summed E-state index contributed by atoms with van der Waals surface area (Å²) < 4.78 is 2.26. The molecule has 0 spiro atoms. The van der Waals surface area contributed by atoms with Crippen molar-refractivity contribution in [1.29, 1.82) is 0 Å². The lowest BCUT2D eigenvalue weighted by atomic mass is 10.2. The van der Waals surface area contributed by atoms with Crippen LogP contribution in [-0.4, -0.2) is 34.8 Å². The summed E-state index contributed by atoms with van der Waals surface area (Å²) in [7, 11) is 4.26. The first-order chi connectivity index (χ1) is 9.18. The van der Waals surface area contributed by atoms with Crippen LogP contribution in [0, 0.1) is 6.92 Å². The lowest BCUT2D eigenvalue weighted by Crippen LogP contribution is -2.29. The van der Waals surface area contributed by atoms with Gasteiger partial charge in [-0.1, -0.05) is 18.2 Å². The zero-order chi connectivity index (χ0) is 13.4. The third-order valence-corrected chi connectivity index (χ3v) is 5.10. The van der Waals surface area contributed by atoms with Crippen LogP contribution in [0.1, 0.15) is 12.1 Å². The Morgan fingerprint density at radius 1 is 1.21 bits per heavy atom. The van der Waals surface area contributed by atoms with Gasteiger partial charge < -0.3 is 9.47 Å². The predicted molar refractivity (Wildman–Crippen MR) is 83.1 cm³/mol. The van der Waals surface area contributed by atoms with E-state index in [9.17, 15) is 0 Å². The van der Waals surface area contributed by atoms with Gasteiger partial charge in [0, 0.05) is 48.7 Å². The molecule has 4 heteroatoms. The Kier molecular flexibility index (Phi) is 3.27. The molecule has 1 aromatic heterocycles. The average Bonchev–Trinajstić information content (AvgIpc) is 2.67. The minimum absolute atomic E-state index is 0.955. The highest BCUT2D eigenvalue weighted by Crippen LogP contribution is 2.35. The number of hydrogen-bond donors (Lipinski definition) is 0. The number of rotatable bonds is 1.